The molecule has 0 unspecified atom stereocenters. The van der Waals surface area contributed by atoms with Crippen molar-refractivity contribution in [3.63, 3.8) is 0 Å². The summed E-state index contributed by atoms with van der Waals surface area (Å²) in [6.07, 6.45) is 3.42. The molecular formula is C19H11BrClFN2O2S. The summed E-state index contributed by atoms with van der Waals surface area (Å²) in [7, 11) is 0. The fourth-order valence-electron chi connectivity index (χ4n) is 2.78. The molecule has 0 atom stereocenters. The zero-order valence-electron chi connectivity index (χ0n) is 13.6. The van der Waals surface area contributed by atoms with Gasteiger partial charge in [-0.15, -0.1) is 0 Å². The number of nitrogens with zero attached hydrogens (tertiary/aromatic N) is 2. The van der Waals surface area contributed by atoms with Crippen LogP contribution in [0.3, 0.4) is 0 Å². The normalized spacial score (nSPS) is 14.1. The Labute approximate surface area is 171 Å². The van der Waals surface area contributed by atoms with E-state index in [1.54, 1.807) is 12.3 Å². The second kappa shape index (κ2) is 7.07. The molecule has 2 aromatic carbocycles. The number of halogens is 3. The lowest BCUT2D eigenvalue weighted by molar-refractivity contribution is 0.420. The number of aliphatic imine (C=N–C) groups is 1. The number of aromatic nitrogens is 1. The number of hydrogen-bond donors (Lipinski definition) is 1. The topological polar surface area (TPSA) is 54.6 Å². The Morgan fingerprint density at radius 1 is 1.30 bits per heavy atom. The number of hydrogen-bond acceptors (Lipinski definition) is 4. The van der Waals surface area contributed by atoms with Gasteiger partial charge in [0.05, 0.1) is 17.1 Å². The van der Waals surface area contributed by atoms with Gasteiger partial charge in [-0.05, 0) is 42.0 Å². The number of allylic oxidation sites excluding steroid dienone is 1. The molecule has 1 N–H and O–H groups in total. The summed E-state index contributed by atoms with van der Waals surface area (Å²) < 4.78 is 15.3. The minimum Gasteiger partial charge on any atom is -0.493 e. The second-order valence-corrected chi connectivity index (χ2v) is 8.21. The maximum absolute atomic E-state index is 13.2. The molecular weight excluding hydrogens is 455 g/mol. The molecule has 0 radical (unpaired) electrons. The Hall–Kier alpha value is -2.22. The maximum Gasteiger partial charge on any atom is 0.310 e. The Bertz CT molecular complexity index is 1180. The average molecular weight is 466 g/mol. The van der Waals surface area contributed by atoms with Gasteiger partial charge in [-0.1, -0.05) is 44.9 Å². The molecule has 0 saturated heterocycles. The summed E-state index contributed by atoms with van der Waals surface area (Å²) in [5, 5.41) is 10.7. The first-order valence-electron chi connectivity index (χ1n) is 7.84. The van der Waals surface area contributed by atoms with E-state index in [4.69, 9.17) is 11.6 Å². The summed E-state index contributed by atoms with van der Waals surface area (Å²) in [4.78, 5) is 16.8. The fraction of sp³-hybridized carbons (Fsp3) is 0.0526. The first-order valence-corrected chi connectivity index (χ1v) is 9.83. The first kappa shape index (κ1) is 18.2. The number of fused-ring (bicyclic) bond motifs is 1. The summed E-state index contributed by atoms with van der Waals surface area (Å²) in [5.74, 6) is -0.615. The van der Waals surface area contributed by atoms with Crippen molar-refractivity contribution in [2.45, 2.75) is 6.54 Å². The highest BCUT2D eigenvalue weighted by atomic mass is 79.9. The van der Waals surface area contributed by atoms with Gasteiger partial charge >= 0.3 is 4.87 Å². The summed E-state index contributed by atoms with van der Waals surface area (Å²) >= 11 is 10.4. The largest absolute Gasteiger partial charge is 0.493 e. The van der Waals surface area contributed by atoms with Crippen molar-refractivity contribution in [2.75, 3.05) is 0 Å². The highest BCUT2D eigenvalue weighted by Crippen LogP contribution is 2.36. The third-order valence-electron chi connectivity index (χ3n) is 4.14. The standard InChI is InChI=1S/C19H11BrClFN2O2S/c20-12-2-4-16-14(6-12)11(8-23-16)5-17-18(25)24(19(26)27-17)9-10-1-3-13(22)7-15(10)21/h1-8,25H,9H2. The van der Waals surface area contributed by atoms with Crippen LogP contribution in [0.1, 0.15) is 16.0 Å². The van der Waals surface area contributed by atoms with Gasteiger partial charge in [-0.25, -0.2) is 4.39 Å². The Morgan fingerprint density at radius 3 is 2.89 bits per heavy atom. The molecule has 1 aliphatic heterocycles. The van der Waals surface area contributed by atoms with Crippen molar-refractivity contribution in [3.8, 4) is 5.88 Å². The van der Waals surface area contributed by atoms with E-state index in [1.807, 2.05) is 18.2 Å². The van der Waals surface area contributed by atoms with E-state index in [0.29, 0.717) is 10.4 Å². The lowest BCUT2D eigenvalue weighted by Gasteiger charge is -2.06. The third-order valence-corrected chi connectivity index (χ3v) is 5.90. The third kappa shape index (κ3) is 3.50. The van der Waals surface area contributed by atoms with Gasteiger partial charge in [0.1, 0.15) is 5.82 Å². The van der Waals surface area contributed by atoms with Crippen LogP contribution in [0, 0.1) is 5.82 Å². The molecule has 4 nitrogen and oxygen atoms in total. The Balaban J connectivity index is 1.71. The molecule has 0 saturated carbocycles. The zero-order valence-corrected chi connectivity index (χ0v) is 16.8. The van der Waals surface area contributed by atoms with Crippen LogP contribution in [0.2, 0.25) is 5.02 Å². The minimum atomic E-state index is -0.457. The molecule has 4 rings (SSSR count). The molecule has 0 bridgehead atoms. The first-order chi connectivity index (χ1) is 12.9. The molecule has 8 heteroatoms. The SMILES string of the molecule is O=c1sc(C=C2C=Nc3ccc(Br)cc32)c(O)n1Cc1ccc(F)cc1Cl. The highest BCUT2D eigenvalue weighted by molar-refractivity contribution is 9.10. The second-order valence-electron chi connectivity index (χ2n) is 5.90. The lowest BCUT2D eigenvalue weighted by atomic mass is 10.1. The quantitative estimate of drug-likeness (QED) is 0.557. The van der Waals surface area contributed by atoms with Crippen LogP contribution < -0.4 is 4.87 Å². The molecule has 136 valence electrons. The summed E-state index contributed by atoms with van der Waals surface area (Å²) in [6.45, 7) is 0.0552. The monoisotopic (exact) mass is 464 g/mol. The summed E-state index contributed by atoms with van der Waals surface area (Å²) in [5.41, 5.74) is 3.09. The van der Waals surface area contributed by atoms with Crippen molar-refractivity contribution in [1.82, 2.24) is 4.57 Å². The van der Waals surface area contributed by atoms with Crippen LogP contribution in [0.15, 0.2) is 50.7 Å². The van der Waals surface area contributed by atoms with Crippen LogP contribution in [-0.2, 0) is 6.54 Å². The average Bonchev–Trinajstić information content (AvgIpc) is 3.13. The van der Waals surface area contributed by atoms with E-state index in [-0.39, 0.29) is 22.3 Å². The molecule has 1 aromatic heterocycles. The number of thiazole rings is 1. The summed E-state index contributed by atoms with van der Waals surface area (Å²) in [6, 6.07) is 9.67. The van der Waals surface area contributed by atoms with E-state index in [2.05, 4.69) is 20.9 Å². The minimum absolute atomic E-state index is 0.0552. The van der Waals surface area contributed by atoms with Crippen LogP contribution in [-0.4, -0.2) is 15.9 Å². The van der Waals surface area contributed by atoms with E-state index in [1.165, 1.54) is 22.8 Å². The van der Waals surface area contributed by atoms with Crippen molar-refractivity contribution < 1.29 is 9.50 Å². The molecule has 0 spiro atoms. The number of rotatable bonds is 3. The lowest BCUT2D eigenvalue weighted by Crippen LogP contribution is -2.13. The van der Waals surface area contributed by atoms with E-state index in [9.17, 15) is 14.3 Å². The van der Waals surface area contributed by atoms with Crippen LogP contribution in [0.25, 0.3) is 11.6 Å². The predicted molar refractivity (Wildman–Crippen MR) is 111 cm³/mol. The van der Waals surface area contributed by atoms with Gasteiger partial charge in [-0.2, -0.15) is 0 Å². The molecule has 2 heterocycles. The molecule has 1 aliphatic rings. The van der Waals surface area contributed by atoms with E-state index >= 15 is 0 Å². The Kier molecular flexibility index (Phi) is 4.75. The van der Waals surface area contributed by atoms with Gasteiger partial charge in [0.25, 0.3) is 0 Å². The van der Waals surface area contributed by atoms with Gasteiger partial charge in [0.2, 0.25) is 5.88 Å². The molecule has 0 amide bonds. The van der Waals surface area contributed by atoms with Crippen molar-refractivity contribution in [2.24, 2.45) is 4.99 Å². The predicted octanol–water partition coefficient (Wildman–Crippen LogP) is 5.48. The molecule has 27 heavy (non-hydrogen) atoms. The maximum atomic E-state index is 13.2. The number of aromatic hydroxyl groups is 1. The molecule has 0 fully saturated rings. The van der Waals surface area contributed by atoms with Crippen LogP contribution in [0.4, 0.5) is 10.1 Å². The van der Waals surface area contributed by atoms with Crippen LogP contribution in [0.5, 0.6) is 5.88 Å². The van der Waals surface area contributed by atoms with Gasteiger partial charge in [0, 0.05) is 26.8 Å². The molecule has 3 aromatic rings. The van der Waals surface area contributed by atoms with E-state index in [0.717, 1.165) is 32.6 Å². The molecule has 0 aliphatic carbocycles. The van der Waals surface area contributed by atoms with E-state index < -0.39 is 5.82 Å². The van der Waals surface area contributed by atoms with Crippen LogP contribution >= 0.6 is 38.9 Å². The smallest absolute Gasteiger partial charge is 0.310 e. The van der Waals surface area contributed by atoms with Gasteiger partial charge < -0.3 is 5.11 Å². The Morgan fingerprint density at radius 2 is 2.11 bits per heavy atom. The highest BCUT2D eigenvalue weighted by Gasteiger charge is 2.18. The van der Waals surface area contributed by atoms with Crippen molar-refractivity contribution in [1.29, 1.82) is 0 Å². The van der Waals surface area contributed by atoms with Crippen molar-refractivity contribution >= 4 is 62.4 Å². The zero-order chi connectivity index (χ0) is 19.1. The van der Waals surface area contributed by atoms with Gasteiger partial charge in [0.15, 0.2) is 0 Å². The van der Waals surface area contributed by atoms with Gasteiger partial charge in [-0.3, -0.25) is 14.4 Å². The van der Waals surface area contributed by atoms with Crippen molar-refractivity contribution in [3.05, 3.63) is 77.4 Å². The fourth-order valence-corrected chi connectivity index (χ4v) is 4.21. The number of benzene rings is 2.